The summed E-state index contributed by atoms with van der Waals surface area (Å²) in [6.07, 6.45) is 51.0. The van der Waals surface area contributed by atoms with Gasteiger partial charge in [0.05, 0.1) is 12.7 Å². The maximum absolute atomic E-state index is 6.32. The van der Waals surface area contributed by atoms with Crippen molar-refractivity contribution in [1.29, 1.82) is 0 Å². The number of unbranched alkanes of at least 4 members (excludes halogenated alkanes) is 18. The van der Waals surface area contributed by atoms with E-state index in [-0.39, 0.29) is 6.10 Å². The van der Waals surface area contributed by atoms with Crippen LogP contribution < -0.4 is 11.1 Å². The summed E-state index contributed by atoms with van der Waals surface area (Å²) in [7, 11) is 5.60. The lowest BCUT2D eigenvalue weighted by molar-refractivity contribution is -0.00609. The molecule has 0 spiro atoms. The van der Waals surface area contributed by atoms with Gasteiger partial charge in [-0.15, -0.1) is 0 Å². The molecule has 0 heterocycles. The van der Waals surface area contributed by atoms with E-state index in [1.54, 1.807) is 6.20 Å². The minimum Gasteiger partial charge on any atom is -0.403 e. The minimum absolute atomic E-state index is 0.153. The first-order valence-corrected chi connectivity index (χ1v) is 22.9. The summed E-state index contributed by atoms with van der Waals surface area (Å²) in [4.78, 5) is 0. The van der Waals surface area contributed by atoms with Crippen molar-refractivity contribution in [2.45, 2.75) is 174 Å². The molecule has 6 heteroatoms. The second-order valence-electron chi connectivity index (χ2n) is 13.2. The monoisotopic (exact) mass is 721 g/mol. The van der Waals surface area contributed by atoms with E-state index < -0.39 is 0 Å². The lowest BCUT2D eigenvalue weighted by atomic mass is 10.1. The molecular weight excluding hydrogens is 641 g/mol. The molecule has 3 N–H and O–H groups in total. The zero-order chi connectivity index (χ0) is 35.6. The van der Waals surface area contributed by atoms with Crippen LogP contribution in [0.2, 0.25) is 0 Å². The van der Waals surface area contributed by atoms with Crippen LogP contribution in [0.25, 0.3) is 0 Å². The Bertz CT molecular complexity index is 797. The average Bonchev–Trinajstić information content (AvgIpc) is 3.12. The predicted molar refractivity (Wildman–Crippen MR) is 226 cm³/mol. The highest BCUT2D eigenvalue weighted by molar-refractivity contribution is 8.76. The highest BCUT2D eigenvalue weighted by Crippen LogP contribution is 2.25. The quantitative estimate of drug-likeness (QED) is 0.0375. The Balaban J connectivity index is 3.93. The van der Waals surface area contributed by atoms with Crippen molar-refractivity contribution in [1.82, 2.24) is 5.32 Å². The largest absolute Gasteiger partial charge is 0.403 e. The van der Waals surface area contributed by atoms with Crippen LogP contribution in [-0.4, -0.2) is 44.5 Å². The van der Waals surface area contributed by atoms with Crippen molar-refractivity contribution in [3.63, 3.8) is 0 Å². The molecule has 4 nitrogen and oxygen atoms in total. The normalized spacial score (nSPS) is 13.2. The van der Waals surface area contributed by atoms with Crippen molar-refractivity contribution < 1.29 is 9.47 Å². The van der Waals surface area contributed by atoms with E-state index in [1.807, 2.05) is 28.6 Å². The van der Waals surface area contributed by atoms with Gasteiger partial charge >= 0.3 is 0 Å². The number of allylic oxidation sites excluding steroid dienone is 8. The van der Waals surface area contributed by atoms with Crippen LogP contribution in [0.3, 0.4) is 0 Å². The van der Waals surface area contributed by atoms with E-state index in [0.29, 0.717) is 6.61 Å². The predicted octanol–water partition coefficient (Wildman–Crippen LogP) is 13.4. The van der Waals surface area contributed by atoms with Gasteiger partial charge in [-0.25, -0.2) is 0 Å². The lowest BCUT2D eigenvalue weighted by Gasteiger charge is -2.18. The van der Waals surface area contributed by atoms with E-state index in [4.69, 9.17) is 15.2 Å². The Labute approximate surface area is 313 Å². The zero-order valence-corrected chi connectivity index (χ0v) is 34.1. The van der Waals surface area contributed by atoms with Crippen LogP contribution in [0.5, 0.6) is 0 Å². The molecule has 1 unspecified atom stereocenters. The van der Waals surface area contributed by atoms with Crippen molar-refractivity contribution in [3.05, 3.63) is 60.5 Å². The second kappa shape index (κ2) is 43.1. The molecule has 0 rings (SSSR count). The first-order chi connectivity index (χ1) is 24.3. The lowest BCUT2D eigenvalue weighted by Crippen LogP contribution is -2.23. The molecule has 0 amide bonds. The van der Waals surface area contributed by atoms with Crippen molar-refractivity contribution in [3.8, 4) is 0 Å². The number of nitrogens with two attached hydrogens (primary N) is 1. The second-order valence-corrected chi connectivity index (χ2v) is 15.7. The molecule has 0 aliphatic heterocycles. The number of hydrogen-bond donors (Lipinski definition) is 2. The molecule has 0 saturated carbocycles. The van der Waals surface area contributed by atoms with Gasteiger partial charge in [-0.05, 0) is 77.0 Å². The third-order valence-corrected chi connectivity index (χ3v) is 10.9. The zero-order valence-electron chi connectivity index (χ0n) is 32.5. The Morgan fingerprint density at radius 3 is 1.49 bits per heavy atom. The summed E-state index contributed by atoms with van der Waals surface area (Å²) in [6, 6.07) is 0. The smallest absolute Gasteiger partial charge is 0.0906 e. The van der Waals surface area contributed by atoms with Gasteiger partial charge in [0.2, 0.25) is 0 Å². The highest BCUT2D eigenvalue weighted by Gasteiger charge is 2.11. The fourth-order valence-electron chi connectivity index (χ4n) is 5.32. The molecule has 0 bridgehead atoms. The van der Waals surface area contributed by atoms with Crippen molar-refractivity contribution in [2.75, 3.05) is 38.4 Å². The molecule has 0 aromatic carbocycles. The van der Waals surface area contributed by atoms with Gasteiger partial charge in [0.15, 0.2) is 0 Å². The average molecular weight is 721 g/mol. The Hall–Kier alpha value is -1.08. The first kappa shape index (κ1) is 47.9. The molecule has 0 radical (unpaired) electrons. The van der Waals surface area contributed by atoms with E-state index in [2.05, 4.69) is 67.8 Å². The highest BCUT2D eigenvalue weighted by atomic mass is 33.1. The molecule has 0 aliphatic carbocycles. The molecule has 1 atom stereocenters. The molecule has 0 aliphatic rings. The Kier molecular flexibility index (Phi) is 42.1. The minimum atomic E-state index is 0.153. The van der Waals surface area contributed by atoms with Crippen LogP contribution >= 0.6 is 21.6 Å². The van der Waals surface area contributed by atoms with E-state index in [1.165, 1.54) is 128 Å². The van der Waals surface area contributed by atoms with E-state index >= 15 is 0 Å². The summed E-state index contributed by atoms with van der Waals surface area (Å²) in [5, 5.41) is 3.15. The van der Waals surface area contributed by atoms with E-state index in [9.17, 15) is 0 Å². The van der Waals surface area contributed by atoms with Crippen LogP contribution in [0.4, 0.5) is 0 Å². The van der Waals surface area contributed by atoms with Gasteiger partial charge in [-0.3, -0.25) is 0 Å². The molecule has 0 fully saturated rings. The molecular formula is C43H80N2O2S2. The van der Waals surface area contributed by atoms with Crippen molar-refractivity contribution in [2.24, 2.45) is 5.73 Å². The Morgan fingerprint density at radius 1 is 0.571 bits per heavy atom. The third kappa shape index (κ3) is 39.6. The van der Waals surface area contributed by atoms with Crippen LogP contribution in [-0.2, 0) is 9.47 Å². The summed E-state index contributed by atoms with van der Waals surface area (Å²) < 4.78 is 12.4. The molecule has 49 heavy (non-hydrogen) atoms. The summed E-state index contributed by atoms with van der Waals surface area (Å²) in [5.41, 5.74) is 6.74. The third-order valence-electron chi connectivity index (χ3n) is 8.57. The fraction of sp³-hybridized carbons (Fsp3) is 0.767. The molecule has 286 valence electrons. The topological polar surface area (TPSA) is 56.5 Å². The number of hydrogen-bond acceptors (Lipinski definition) is 6. The van der Waals surface area contributed by atoms with Gasteiger partial charge in [0.25, 0.3) is 0 Å². The first-order valence-electron chi connectivity index (χ1n) is 20.4. The van der Waals surface area contributed by atoms with Crippen LogP contribution in [0, 0.1) is 0 Å². The van der Waals surface area contributed by atoms with Gasteiger partial charge in [0.1, 0.15) is 0 Å². The standard InChI is InChI=1S/C43H80N2O2S2/c1-4-6-8-10-12-14-16-18-20-22-24-26-28-30-32-34-36-46-39-43(41-49-48-40-42(38-44)45-3)47-37-35-33-31-29-27-25-23-21-19-17-15-13-11-9-7-5-2/h12-15,18-21,38,43,45H,4-11,16-17,22-37,39-41,44H2,1-3H3/b14-12-,15-13-,20-18-,21-19-,42-38-. The van der Waals surface area contributed by atoms with Gasteiger partial charge in [-0.2, -0.15) is 0 Å². The number of ether oxygens (including phenoxy) is 2. The summed E-state index contributed by atoms with van der Waals surface area (Å²) in [5.74, 6) is 1.82. The van der Waals surface area contributed by atoms with Gasteiger partial charge < -0.3 is 20.5 Å². The summed E-state index contributed by atoms with van der Waals surface area (Å²) in [6.45, 7) is 6.90. The fourth-order valence-corrected chi connectivity index (χ4v) is 7.59. The van der Waals surface area contributed by atoms with Crippen LogP contribution in [0.15, 0.2) is 60.5 Å². The SMILES string of the molecule is CCCCC/C=C\C/C=C\CCCCCCCCOCC(CSSC/C(=C/N)NC)OCCCCCCCC/C=C\C/C=C\CCCCC. The molecule has 0 aromatic rings. The Morgan fingerprint density at radius 2 is 1.02 bits per heavy atom. The maximum atomic E-state index is 6.32. The van der Waals surface area contributed by atoms with Gasteiger partial charge in [-0.1, -0.05) is 161 Å². The van der Waals surface area contributed by atoms with Gasteiger partial charge in [0, 0.05) is 43.7 Å². The van der Waals surface area contributed by atoms with E-state index in [0.717, 1.165) is 56.1 Å². The maximum Gasteiger partial charge on any atom is 0.0906 e. The molecule has 0 aromatic heterocycles. The number of nitrogens with one attached hydrogen (secondary N) is 1. The summed E-state index contributed by atoms with van der Waals surface area (Å²) >= 11 is 0. The van der Waals surface area contributed by atoms with Crippen LogP contribution in [0.1, 0.15) is 168 Å². The molecule has 0 saturated heterocycles. The number of rotatable bonds is 39. The van der Waals surface area contributed by atoms with Crippen molar-refractivity contribution >= 4 is 21.6 Å².